The van der Waals surface area contributed by atoms with Crippen LogP contribution in [0.25, 0.3) is 0 Å². The molecule has 8 nitrogen and oxygen atoms in total. The van der Waals surface area contributed by atoms with Crippen molar-refractivity contribution < 1.29 is 28.6 Å². The number of benzene rings is 2. The highest BCUT2D eigenvalue weighted by atomic mass is 16.5. The number of amides is 2. The summed E-state index contributed by atoms with van der Waals surface area (Å²) in [5, 5.41) is 2.63. The van der Waals surface area contributed by atoms with Crippen LogP contribution in [0.4, 0.5) is 11.4 Å². The first kappa shape index (κ1) is 20.2. The molecule has 2 aromatic rings. The number of hydrogen-bond donors (Lipinski definition) is 1. The highest BCUT2D eigenvalue weighted by Gasteiger charge is 2.22. The van der Waals surface area contributed by atoms with Crippen LogP contribution in [0.15, 0.2) is 42.5 Å². The highest BCUT2D eigenvalue weighted by Crippen LogP contribution is 2.29. The van der Waals surface area contributed by atoms with Crippen LogP contribution >= 0.6 is 0 Å². The number of carbonyl (C=O) groups is 3. The average Bonchev–Trinajstić information content (AvgIpc) is 3.18. The van der Waals surface area contributed by atoms with Crippen LogP contribution < -0.4 is 19.7 Å². The number of rotatable bonds is 7. The molecule has 1 fully saturated rings. The maximum Gasteiger partial charge on any atom is 0.338 e. The Morgan fingerprint density at radius 2 is 1.93 bits per heavy atom. The van der Waals surface area contributed by atoms with E-state index in [1.807, 2.05) is 0 Å². The van der Waals surface area contributed by atoms with Crippen molar-refractivity contribution in [1.82, 2.24) is 0 Å². The minimum atomic E-state index is -0.643. The Hall–Kier alpha value is -3.55. The van der Waals surface area contributed by atoms with Gasteiger partial charge in [-0.3, -0.25) is 9.59 Å². The van der Waals surface area contributed by atoms with E-state index in [9.17, 15) is 14.4 Å². The molecule has 0 aliphatic carbocycles. The summed E-state index contributed by atoms with van der Waals surface area (Å²) in [7, 11) is 3.00. The molecule has 1 aliphatic heterocycles. The zero-order valence-corrected chi connectivity index (χ0v) is 16.3. The maximum atomic E-state index is 12.3. The van der Waals surface area contributed by atoms with E-state index < -0.39 is 18.5 Å². The number of esters is 1. The van der Waals surface area contributed by atoms with Crippen LogP contribution in [0.1, 0.15) is 23.2 Å². The molecule has 0 unspecified atom stereocenters. The van der Waals surface area contributed by atoms with E-state index in [0.29, 0.717) is 35.8 Å². The first-order valence-corrected chi connectivity index (χ1v) is 9.11. The molecule has 1 heterocycles. The van der Waals surface area contributed by atoms with E-state index in [-0.39, 0.29) is 11.5 Å². The fourth-order valence-electron chi connectivity index (χ4n) is 3.02. The Morgan fingerprint density at radius 3 is 2.62 bits per heavy atom. The van der Waals surface area contributed by atoms with Gasteiger partial charge in [-0.25, -0.2) is 4.79 Å². The van der Waals surface area contributed by atoms with Gasteiger partial charge in [0, 0.05) is 24.7 Å². The standard InChI is InChI=1S/C21H22N2O6/c1-27-16-8-9-17(18(12-16)28-2)22-19(24)13-29-21(26)14-5-3-6-15(11-14)23-10-4-7-20(23)25/h3,5-6,8-9,11-12H,4,7,10,13H2,1-2H3,(H,22,24). The SMILES string of the molecule is COc1ccc(NC(=O)COC(=O)c2cccc(N3CCCC3=O)c2)c(OC)c1. The summed E-state index contributed by atoms with van der Waals surface area (Å²) in [5.74, 6) is -0.110. The van der Waals surface area contributed by atoms with Gasteiger partial charge in [0.25, 0.3) is 5.91 Å². The lowest BCUT2D eigenvalue weighted by Crippen LogP contribution is -2.24. The smallest absolute Gasteiger partial charge is 0.338 e. The summed E-state index contributed by atoms with van der Waals surface area (Å²) in [6, 6.07) is 11.6. The van der Waals surface area contributed by atoms with Gasteiger partial charge in [0.1, 0.15) is 11.5 Å². The summed E-state index contributed by atoms with van der Waals surface area (Å²) in [4.78, 5) is 38.0. The van der Waals surface area contributed by atoms with E-state index in [4.69, 9.17) is 14.2 Å². The van der Waals surface area contributed by atoms with Crippen LogP contribution in [0.2, 0.25) is 0 Å². The highest BCUT2D eigenvalue weighted by molar-refractivity contribution is 5.99. The lowest BCUT2D eigenvalue weighted by Gasteiger charge is -2.16. The van der Waals surface area contributed by atoms with Gasteiger partial charge in [-0.2, -0.15) is 0 Å². The molecule has 1 aliphatic rings. The van der Waals surface area contributed by atoms with Crippen LogP contribution in [0.5, 0.6) is 11.5 Å². The van der Waals surface area contributed by atoms with Gasteiger partial charge < -0.3 is 24.4 Å². The topological polar surface area (TPSA) is 94.2 Å². The minimum absolute atomic E-state index is 0.0309. The van der Waals surface area contributed by atoms with Crippen molar-refractivity contribution in [3.63, 3.8) is 0 Å². The van der Waals surface area contributed by atoms with Crippen molar-refractivity contribution in [1.29, 1.82) is 0 Å². The Balaban J connectivity index is 1.59. The molecular weight excluding hydrogens is 376 g/mol. The fourth-order valence-corrected chi connectivity index (χ4v) is 3.02. The van der Waals surface area contributed by atoms with Crippen molar-refractivity contribution in [3.05, 3.63) is 48.0 Å². The van der Waals surface area contributed by atoms with E-state index in [1.165, 1.54) is 14.2 Å². The average molecular weight is 398 g/mol. The van der Waals surface area contributed by atoms with Crippen molar-refractivity contribution >= 4 is 29.2 Å². The summed E-state index contributed by atoms with van der Waals surface area (Å²) in [5.41, 5.74) is 1.36. The normalized spacial score (nSPS) is 13.2. The lowest BCUT2D eigenvalue weighted by atomic mass is 10.2. The second kappa shape index (κ2) is 9.09. The monoisotopic (exact) mass is 398 g/mol. The van der Waals surface area contributed by atoms with Crippen molar-refractivity contribution in [2.75, 3.05) is 37.6 Å². The maximum absolute atomic E-state index is 12.3. The van der Waals surface area contributed by atoms with Crippen LogP contribution in [-0.4, -0.2) is 45.2 Å². The lowest BCUT2D eigenvalue weighted by molar-refractivity contribution is -0.119. The van der Waals surface area contributed by atoms with Crippen molar-refractivity contribution in [3.8, 4) is 11.5 Å². The molecule has 152 valence electrons. The number of nitrogens with one attached hydrogen (secondary N) is 1. The Bertz CT molecular complexity index is 927. The van der Waals surface area contributed by atoms with Gasteiger partial charge in [0.2, 0.25) is 5.91 Å². The van der Waals surface area contributed by atoms with E-state index in [1.54, 1.807) is 47.4 Å². The number of nitrogens with zero attached hydrogens (tertiary/aromatic N) is 1. The second-order valence-electron chi connectivity index (χ2n) is 6.39. The van der Waals surface area contributed by atoms with E-state index >= 15 is 0 Å². The van der Waals surface area contributed by atoms with Crippen LogP contribution in [0.3, 0.4) is 0 Å². The third-order valence-electron chi connectivity index (χ3n) is 4.48. The number of methoxy groups -OCH3 is 2. The Kier molecular flexibility index (Phi) is 6.33. The molecule has 0 spiro atoms. The third-order valence-corrected chi connectivity index (χ3v) is 4.48. The van der Waals surface area contributed by atoms with E-state index in [2.05, 4.69) is 5.32 Å². The van der Waals surface area contributed by atoms with Gasteiger partial charge in [0.15, 0.2) is 6.61 Å². The van der Waals surface area contributed by atoms with Gasteiger partial charge in [-0.1, -0.05) is 6.07 Å². The van der Waals surface area contributed by atoms with Crippen LogP contribution in [-0.2, 0) is 14.3 Å². The first-order valence-electron chi connectivity index (χ1n) is 9.11. The minimum Gasteiger partial charge on any atom is -0.497 e. The van der Waals surface area contributed by atoms with Crippen LogP contribution in [0, 0.1) is 0 Å². The predicted octanol–water partition coefficient (Wildman–Crippen LogP) is 2.63. The largest absolute Gasteiger partial charge is 0.497 e. The molecule has 0 radical (unpaired) electrons. The molecule has 2 aromatic carbocycles. The first-order chi connectivity index (χ1) is 14.0. The number of ether oxygens (including phenoxy) is 3. The molecule has 1 N–H and O–H groups in total. The Morgan fingerprint density at radius 1 is 1.10 bits per heavy atom. The zero-order chi connectivity index (χ0) is 20.8. The summed E-state index contributed by atoms with van der Waals surface area (Å²) < 4.78 is 15.4. The third kappa shape index (κ3) is 4.84. The molecule has 0 aromatic heterocycles. The van der Waals surface area contributed by atoms with Gasteiger partial charge >= 0.3 is 5.97 Å². The summed E-state index contributed by atoms with van der Waals surface area (Å²) in [6.07, 6.45) is 1.30. The predicted molar refractivity (Wildman–Crippen MR) is 106 cm³/mol. The summed E-state index contributed by atoms with van der Waals surface area (Å²) in [6.45, 7) is 0.171. The quantitative estimate of drug-likeness (QED) is 0.721. The molecule has 0 atom stereocenters. The number of anilines is 2. The fraction of sp³-hybridized carbons (Fsp3) is 0.286. The molecule has 0 bridgehead atoms. The van der Waals surface area contributed by atoms with Crippen molar-refractivity contribution in [2.45, 2.75) is 12.8 Å². The van der Waals surface area contributed by atoms with E-state index in [0.717, 1.165) is 6.42 Å². The summed E-state index contributed by atoms with van der Waals surface area (Å²) >= 11 is 0. The van der Waals surface area contributed by atoms with Crippen molar-refractivity contribution in [2.24, 2.45) is 0 Å². The molecule has 1 saturated heterocycles. The van der Waals surface area contributed by atoms with Gasteiger partial charge in [-0.15, -0.1) is 0 Å². The number of carbonyl (C=O) groups excluding carboxylic acids is 3. The number of hydrogen-bond acceptors (Lipinski definition) is 6. The molecule has 0 saturated carbocycles. The molecule has 2 amide bonds. The molecular formula is C21H22N2O6. The van der Waals surface area contributed by atoms with Gasteiger partial charge in [-0.05, 0) is 36.8 Å². The molecule has 29 heavy (non-hydrogen) atoms. The second-order valence-corrected chi connectivity index (χ2v) is 6.39. The molecule has 8 heteroatoms. The Labute approximate surface area is 168 Å². The zero-order valence-electron chi connectivity index (χ0n) is 16.3. The molecule has 3 rings (SSSR count). The van der Waals surface area contributed by atoms with Gasteiger partial charge in [0.05, 0.1) is 25.5 Å².